The molecule has 0 aromatic heterocycles. The summed E-state index contributed by atoms with van der Waals surface area (Å²) in [6.45, 7) is 6.04. The van der Waals surface area contributed by atoms with E-state index in [2.05, 4.69) is 42.5 Å². The Kier molecular flexibility index (Phi) is 4.67. The fraction of sp³-hybridized carbons (Fsp3) is 0.368. The normalized spacial score (nSPS) is 15.5. The highest BCUT2D eigenvalue weighted by molar-refractivity contribution is 5.85. The SMILES string of the molecule is CC(C)(C)[C@@H](O)[C@@H](N)c1ccc2c(c1)Cc1ccccc1-2.Cl. The van der Waals surface area contributed by atoms with Crippen molar-refractivity contribution in [2.75, 3.05) is 0 Å². The standard InChI is InChI=1S/C19H23NO.ClH/c1-19(2,3)18(21)17(20)13-8-9-16-14(11-13)10-12-6-4-5-7-15(12)16;/h4-9,11,17-18,21H,10,20H2,1-3H3;1H/t17-,18-;/m0./s1. The van der Waals surface area contributed by atoms with E-state index in [9.17, 15) is 5.11 Å². The van der Waals surface area contributed by atoms with Crippen LogP contribution >= 0.6 is 12.4 Å². The molecule has 118 valence electrons. The average Bonchev–Trinajstić information content (AvgIpc) is 2.82. The molecule has 3 N–H and O–H groups in total. The minimum Gasteiger partial charge on any atom is -0.391 e. The van der Waals surface area contributed by atoms with Gasteiger partial charge in [0, 0.05) is 0 Å². The molecule has 0 radical (unpaired) electrons. The molecule has 1 aliphatic rings. The van der Waals surface area contributed by atoms with Gasteiger partial charge in [0.05, 0.1) is 12.1 Å². The monoisotopic (exact) mass is 317 g/mol. The first-order valence-corrected chi connectivity index (χ1v) is 7.52. The highest BCUT2D eigenvalue weighted by atomic mass is 35.5. The number of fused-ring (bicyclic) bond motifs is 3. The molecule has 1 aliphatic carbocycles. The molecule has 0 saturated carbocycles. The Hall–Kier alpha value is -1.35. The molecule has 0 fully saturated rings. The van der Waals surface area contributed by atoms with E-state index in [4.69, 9.17) is 5.73 Å². The maximum absolute atomic E-state index is 10.4. The second-order valence-corrected chi connectivity index (χ2v) is 7.09. The molecule has 3 heteroatoms. The van der Waals surface area contributed by atoms with Crippen LogP contribution in [0.25, 0.3) is 11.1 Å². The molecule has 3 rings (SSSR count). The van der Waals surface area contributed by atoms with E-state index in [-0.39, 0.29) is 23.9 Å². The lowest BCUT2D eigenvalue weighted by Crippen LogP contribution is -2.37. The second kappa shape index (κ2) is 6.04. The Balaban J connectivity index is 0.00000176. The van der Waals surface area contributed by atoms with Crippen molar-refractivity contribution < 1.29 is 5.11 Å². The first-order chi connectivity index (χ1) is 9.88. The van der Waals surface area contributed by atoms with E-state index >= 15 is 0 Å². The number of aliphatic hydroxyl groups excluding tert-OH is 1. The topological polar surface area (TPSA) is 46.2 Å². The third-order valence-electron chi connectivity index (χ3n) is 4.43. The van der Waals surface area contributed by atoms with E-state index in [0.717, 1.165) is 12.0 Å². The molecule has 22 heavy (non-hydrogen) atoms. The summed E-state index contributed by atoms with van der Waals surface area (Å²) in [5, 5.41) is 10.4. The van der Waals surface area contributed by atoms with Crippen molar-refractivity contribution >= 4 is 12.4 Å². The highest BCUT2D eigenvalue weighted by Gasteiger charge is 2.30. The lowest BCUT2D eigenvalue weighted by atomic mass is 9.82. The molecule has 0 unspecified atom stereocenters. The number of halogens is 1. The molecule has 0 heterocycles. The lowest BCUT2D eigenvalue weighted by molar-refractivity contribution is 0.0401. The summed E-state index contributed by atoms with van der Waals surface area (Å²) < 4.78 is 0. The summed E-state index contributed by atoms with van der Waals surface area (Å²) in [5.74, 6) is 0. The molecule has 0 aliphatic heterocycles. The van der Waals surface area contributed by atoms with E-state index in [0.29, 0.717) is 0 Å². The minimum absolute atomic E-state index is 0. The largest absolute Gasteiger partial charge is 0.391 e. The van der Waals surface area contributed by atoms with Gasteiger partial charge in [0.1, 0.15) is 0 Å². The van der Waals surface area contributed by atoms with Gasteiger partial charge < -0.3 is 10.8 Å². The number of hydrogen-bond donors (Lipinski definition) is 2. The predicted molar refractivity (Wildman–Crippen MR) is 94.3 cm³/mol. The molecule has 0 saturated heterocycles. The Morgan fingerprint density at radius 1 is 1.00 bits per heavy atom. The van der Waals surface area contributed by atoms with Crippen molar-refractivity contribution in [2.45, 2.75) is 39.3 Å². The maximum Gasteiger partial charge on any atom is 0.0780 e. The van der Waals surface area contributed by atoms with Crippen LogP contribution in [0.3, 0.4) is 0 Å². The van der Waals surface area contributed by atoms with Gasteiger partial charge in [-0.2, -0.15) is 0 Å². The van der Waals surface area contributed by atoms with Crippen molar-refractivity contribution in [3.05, 3.63) is 59.2 Å². The van der Waals surface area contributed by atoms with Gasteiger partial charge in [0.25, 0.3) is 0 Å². The third-order valence-corrected chi connectivity index (χ3v) is 4.43. The van der Waals surface area contributed by atoms with Gasteiger partial charge in [0.2, 0.25) is 0 Å². The molecule has 2 atom stereocenters. The molecular weight excluding hydrogens is 294 g/mol. The van der Waals surface area contributed by atoms with E-state index in [1.54, 1.807) is 0 Å². The zero-order valence-electron chi connectivity index (χ0n) is 13.3. The number of nitrogens with two attached hydrogens (primary N) is 1. The molecule has 0 amide bonds. The van der Waals surface area contributed by atoms with E-state index < -0.39 is 6.10 Å². The zero-order valence-corrected chi connectivity index (χ0v) is 14.2. The molecular formula is C19H24ClNO. The molecule has 0 spiro atoms. The van der Waals surface area contributed by atoms with E-state index in [1.807, 2.05) is 20.8 Å². The van der Waals surface area contributed by atoms with Crippen LogP contribution in [0.15, 0.2) is 42.5 Å². The fourth-order valence-electron chi connectivity index (χ4n) is 3.09. The summed E-state index contributed by atoms with van der Waals surface area (Å²) >= 11 is 0. The van der Waals surface area contributed by atoms with Gasteiger partial charge in [-0.15, -0.1) is 12.4 Å². The van der Waals surface area contributed by atoms with Crippen LogP contribution in [0.5, 0.6) is 0 Å². The lowest BCUT2D eigenvalue weighted by Gasteiger charge is -2.31. The summed E-state index contributed by atoms with van der Waals surface area (Å²) in [6.07, 6.45) is 0.400. The number of benzene rings is 2. The van der Waals surface area contributed by atoms with Crippen molar-refractivity contribution in [1.82, 2.24) is 0 Å². The second-order valence-electron chi connectivity index (χ2n) is 7.09. The van der Waals surface area contributed by atoms with Crippen molar-refractivity contribution in [3.8, 4) is 11.1 Å². The molecule has 2 aromatic carbocycles. The third kappa shape index (κ3) is 2.91. The van der Waals surface area contributed by atoms with Gasteiger partial charge >= 0.3 is 0 Å². The first kappa shape index (κ1) is 17.0. The minimum atomic E-state index is -0.556. The molecule has 2 aromatic rings. The van der Waals surface area contributed by atoms with Crippen LogP contribution < -0.4 is 5.73 Å². The smallest absolute Gasteiger partial charge is 0.0780 e. The molecule has 2 nitrogen and oxygen atoms in total. The van der Waals surface area contributed by atoms with Crippen LogP contribution in [0.4, 0.5) is 0 Å². The number of aliphatic hydroxyl groups is 1. The van der Waals surface area contributed by atoms with Crippen molar-refractivity contribution in [1.29, 1.82) is 0 Å². The summed E-state index contributed by atoms with van der Waals surface area (Å²) in [5.41, 5.74) is 12.4. The van der Waals surface area contributed by atoms with Gasteiger partial charge in [0.15, 0.2) is 0 Å². The number of rotatable bonds is 2. The van der Waals surface area contributed by atoms with Gasteiger partial charge in [-0.05, 0) is 39.7 Å². The van der Waals surface area contributed by atoms with Crippen LogP contribution in [0, 0.1) is 5.41 Å². The maximum atomic E-state index is 10.4. The quantitative estimate of drug-likeness (QED) is 0.748. The van der Waals surface area contributed by atoms with Gasteiger partial charge in [-0.1, -0.05) is 63.2 Å². The highest BCUT2D eigenvalue weighted by Crippen LogP contribution is 2.38. The van der Waals surface area contributed by atoms with Gasteiger partial charge in [-0.25, -0.2) is 0 Å². The summed E-state index contributed by atoms with van der Waals surface area (Å²) in [6, 6.07) is 14.5. The van der Waals surface area contributed by atoms with Crippen LogP contribution in [-0.4, -0.2) is 11.2 Å². The Morgan fingerprint density at radius 3 is 2.32 bits per heavy atom. The number of hydrogen-bond acceptors (Lipinski definition) is 2. The Labute approximate surface area is 138 Å². The van der Waals surface area contributed by atoms with E-state index in [1.165, 1.54) is 22.3 Å². The zero-order chi connectivity index (χ0) is 15.2. The predicted octanol–water partition coefficient (Wildman–Crippen LogP) is 4.09. The molecule has 0 bridgehead atoms. The average molecular weight is 318 g/mol. The summed E-state index contributed by atoms with van der Waals surface area (Å²) in [7, 11) is 0. The fourth-order valence-corrected chi connectivity index (χ4v) is 3.09. The van der Waals surface area contributed by atoms with Crippen LogP contribution in [0.2, 0.25) is 0 Å². The van der Waals surface area contributed by atoms with Crippen LogP contribution in [-0.2, 0) is 6.42 Å². The Bertz CT molecular complexity index is 675. The first-order valence-electron chi connectivity index (χ1n) is 7.52. The Morgan fingerprint density at radius 2 is 1.64 bits per heavy atom. The van der Waals surface area contributed by atoms with Crippen molar-refractivity contribution in [3.63, 3.8) is 0 Å². The van der Waals surface area contributed by atoms with Crippen molar-refractivity contribution in [2.24, 2.45) is 11.1 Å². The van der Waals surface area contributed by atoms with Crippen LogP contribution in [0.1, 0.15) is 43.5 Å². The van der Waals surface area contributed by atoms with Gasteiger partial charge in [-0.3, -0.25) is 0 Å². The summed E-state index contributed by atoms with van der Waals surface area (Å²) in [4.78, 5) is 0.